The largest absolute Gasteiger partial charge is 0.456 e. The van der Waals surface area contributed by atoms with E-state index in [2.05, 4.69) is 35.2 Å². The minimum absolute atomic E-state index is 0.0833. The summed E-state index contributed by atoms with van der Waals surface area (Å²) in [6.07, 6.45) is 1.05. The molecule has 3 heterocycles. The van der Waals surface area contributed by atoms with Crippen molar-refractivity contribution in [3.05, 3.63) is 48.0 Å². The van der Waals surface area contributed by atoms with Gasteiger partial charge in [-0.3, -0.25) is 4.90 Å². The molecule has 0 amide bonds. The summed E-state index contributed by atoms with van der Waals surface area (Å²) in [5.74, 6) is 0.529. The SMILES string of the molecule is OC[C@]12COCC[C@H]1CN(Cc1cccc3c1oc1ccccc13)C2. The molecule has 0 radical (unpaired) electrons. The molecule has 0 spiro atoms. The quantitative estimate of drug-likeness (QED) is 0.795. The van der Waals surface area contributed by atoms with Crippen LogP contribution in [0, 0.1) is 11.3 Å². The summed E-state index contributed by atoms with van der Waals surface area (Å²) < 4.78 is 11.8. The van der Waals surface area contributed by atoms with Crippen LogP contribution < -0.4 is 0 Å². The molecule has 130 valence electrons. The van der Waals surface area contributed by atoms with E-state index in [9.17, 15) is 5.11 Å². The average Bonchev–Trinajstić information content (AvgIpc) is 3.21. The Balaban J connectivity index is 1.48. The lowest BCUT2D eigenvalue weighted by atomic mass is 9.76. The highest BCUT2D eigenvalue weighted by Crippen LogP contribution is 2.42. The van der Waals surface area contributed by atoms with Crippen molar-refractivity contribution >= 4 is 21.9 Å². The van der Waals surface area contributed by atoms with E-state index in [-0.39, 0.29) is 12.0 Å². The number of rotatable bonds is 3. The van der Waals surface area contributed by atoms with Crippen molar-refractivity contribution in [1.82, 2.24) is 4.90 Å². The van der Waals surface area contributed by atoms with Gasteiger partial charge in [-0.1, -0.05) is 36.4 Å². The zero-order valence-electron chi connectivity index (χ0n) is 14.3. The molecule has 1 aromatic heterocycles. The summed E-state index contributed by atoms with van der Waals surface area (Å²) in [4.78, 5) is 2.46. The molecule has 2 aromatic carbocycles. The van der Waals surface area contributed by atoms with Crippen LogP contribution in [0.2, 0.25) is 0 Å². The van der Waals surface area contributed by atoms with Crippen molar-refractivity contribution in [1.29, 1.82) is 0 Å². The van der Waals surface area contributed by atoms with E-state index >= 15 is 0 Å². The summed E-state index contributed by atoms with van der Waals surface area (Å²) in [7, 11) is 0. The van der Waals surface area contributed by atoms with Gasteiger partial charge in [0.05, 0.1) is 13.2 Å². The lowest BCUT2D eigenvalue weighted by Crippen LogP contribution is -2.42. The number of benzene rings is 2. The number of fused-ring (bicyclic) bond motifs is 4. The Hall–Kier alpha value is -1.88. The van der Waals surface area contributed by atoms with E-state index in [0.717, 1.165) is 43.8 Å². The lowest BCUT2D eigenvalue weighted by Gasteiger charge is -2.36. The van der Waals surface area contributed by atoms with Gasteiger partial charge >= 0.3 is 0 Å². The zero-order chi connectivity index (χ0) is 16.9. The number of aliphatic hydroxyl groups is 1. The van der Waals surface area contributed by atoms with Gasteiger partial charge in [-0.2, -0.15) is 0 Å². The Morgan fingerprint density at radius 2 is 2.00 bits per heavy atom. The van der Waals surface area contributed by atoms with Crippen molar-refractivity contribution in [2.24, 2.45) is 11.3 Å². The molecule has 2 fully saturated rings. The van der Waals surface area contributed by atoms with E-state index < -0.39 is 0 Å². The maximum atomic E-state index is 9.98. The summed E-state index contributed by atoms with van der Waals surface area (Å²) in [6.45, 7) is 4.49. The Morgan fingerprint density at radius 3 is 2.88 bits per heavy atom. The standard InChI is InChI=1S/C21H23NO3/c23-13-21-12-22(11-16(21)8-9-24-14-21)10-15-4-3-6-18-17-5-1-2-7-19(17)25-20(15)18/h1-7,16,23H,8-14H2/t16-,21+/m0/s1. The predicted octanol–water partition coefficient (Wildman–Crippen LogP) is 3.42. The molecular formula is C21H23NO3. The Kier molecular flexibility index (Phi) is 3.59. The first-order valence-electron chi connectivity index (χ1n) is 9.09. The predicted molar refractivity (Wildman–Crippen MR) is 97.4 cm³/mol. The molecule has 4 heteroatoms. The third-order valence-electron chi connectivity index (χ3n) is 6.08. The number of aliphatic hydroxyl groups excluding tert-OH is 1. The van der Waals surface area contributed by atoms with Gasteiger partial charge in [-0.25, -0.2) is 0 Å². The van der Waals surface area contributed by atoms with E-state index in [1.54, 1.807) is 0 Å². The molecule has 0 bridgehead atoms. The molecule has 25 heavy (non-hydrogen) atoms. The first kappa shape index (κ1) is 15.4. The number of likely N-dealkylation sites (tertiary alicyclic amines) is 1. The third kappa shape index (κ3) is 2.40. The number of hydrogen-bond donors (Lipinski definition) is 1. The highest BCUT2D eigenvalue weighted by Gasteiger charge is 2.48. The molecule has 3 aromatic rings. The fraction of sp³-hybridized carbons (Fsp3) is 0.429. The van der Waals surface area contributed by atoms with Crippen LogP contribution in [0.3, 0.4) is 0 Å². The van der Waals surface area contributed by atoms with Crippen LogP contribution in [0.25, 0.3) is 21.9 Å². The highest BCUT2D eigenvalue weighted by atomic mass is 16.5. The molecule has 0 aliphatic carbocycles. The van der Waals surface area contributed by atoms with E-state index in [1.807, 2.05) is 12.1 Å². The van der Waals surface area contributed by atoms with E-state index in [0.29, 0.717) is 12.5 Å². The fourth-order valence-corrected chi connectivity index (χ4v) is 4.72. The Bertz CT molecular complexity index is 918. The molecule has 2 aliphatic rings. The van der Waals surface area contributed by atoms with Crippen LogP contribution in [-0.2, 0) is 11.3 Å². The molecular weight excluding hydrogens is 314 g/mol. The second-order valence-corrected chi connectivity index (χ2v) is 7.62. The van der Waals surface area contributed by atoms with Crippen molar-refractivity contribution in [2.75, 3.05) is 32.9 Å². The summed E-state index contributed by atoms with van der Waals surface area (Å²) in [6, 6.07) is 14.6. The molecule has 4 nitrogen and oxygen atoms in total. The molecule has 0 unspecified atom stereocenters. The fourth-order valence-electron chi connectivity index (χ4n) is 4.72. The molecule has 1 N–H and O–H groups in total. The molecule has 2 aliphatic heterocycles. The summed E-state index contributed by atoms with van der Waals surface area (Å²) >= 11 is 0. The van der Waals surface area contributed by atoms with Crippen molar-refractivity contribution in [3.8, 4) is 0 Å². The van der Waals surface area contributed by atoms with Gasteiger partial charge in [0.25, 0.3) is 0 Å². The minimum Gasteiger partial charge on any atom is -0.456 e. The summed E-state index contributed by atoms with van der Waals surface area (Å²) in [5.41, 5.74) is 3.08. The van der Waals surface area contributed by atoms with Crippen LogP contribution in [-0.4, -0.2) is 42.9 Å². The number of para-hydroxylation sites is 2. The van der Waals surface area contributed by atoms with Gasteiger partial charge in [0.15, 0.2) is 0 Å². The van der Waals surface area contributed by atoms with E-state index in [1.165, 1.54) is 16.3 Å². The van der Waals surface area contributed by atoms with Crippen LogP contribution in [0.4, 0.5) is 0 Å². The first-order valence-corrected chi connectivity index (χ1v) is 9.09. The maximum absolute atomic E-state index is 9.98. The third-order valence-corrected chi connectivity index (χ3v) is 6.08. The maximum Gasteiger partial charge on any atom is 0.139 e. The number of ether oxygens (including phenoxy) is 1. The number of hydrogen-bond acceptors (Lipinski definition) is 4. The molecule has 5 rings (SSSR count). The van der Waals surface area contributed by atoms with Crippen LogP contribution in [0.1, 0.15) is 12.0 Å². The van der Waals surface area contributed by atoms with Gasteiger partial charge < -0.3 is 14.3 Å². The van der Waals surface area contributed by atoms with Crippen LogP contribution in [0.5, 0.6) is 0 Å². The van der Waals surface area contributed by atoms with Crippen molar-refractivity contribution < 1.29 is 14.3 Å². The van der Waals surface area contributed by atoms with E-state index in [4.69, 9.17) is 9.15 Å². The average molecular weight is 337 g/mol. The number of furan rings is 1. The van der Waals surface area contributed by atoms with Gasteiger partial charge in [0, 0.05) is 48.0 Å². The lowest BCUT2D eigenvalue weighted by molar-refractivity contribution is -0.0561. The number of nitrogens with zero attached hydrogens (tertiary/aromatic N) is 1. The second-order valence-electron chi connectivity index (χ2n) is 7.62. The van der Waals surface area contributed by atoms with Gasteiger partial charge in [0.1, 0.15) is 11.2 Å². The zero-order valence-corrected chi connectivity index (χ0v) is 14.3. The van der Waals surface area contributed by atoms with Gasteiger partial charge in [-0.15, -0.1) is 0 Å². The minimum atomic E-state index is -0.0833. The van der Waals surface area contributed by atoms with Crippen LogP contribution >= 0.6 is 0 Å². The Morgan fingerprint density at radius 1 is 1.12 bits per heavy atom. The first-order chi connectivity index (χ1) is 12.3. The highest BCUT2D eigenvalue weighted by molar-refractivity contribution is 6.05. The molecule has 2 atom stereocenters. The van der Waals surface area contributed by atoms with Crippen molar-refractivity contribution in [3.63, 3.8) is 0 Å². The monoisotopic (exact) mass is 337 g/mol. The summed E-state index contributed by atoms with van der Waals surface area (Å²) in [5, 5.41) is 12.3. The van der Waals surface area contributed by atoms with Gasteiger partial charge in [0.2, 0.25) is 0 Å². The van der Waals surface area contributed by atoms with Gasteiger partial charge in [-0.05, 0) is 18.4 Å². The van der Waals surface area contributed by atoms with Crippen LogP contribution in [0.15, 0.2) is 46.9 Å². The molecule has 0 saturated carbocycles. The Labute approximate surface area is 147 Å². The van der Waals surface area contributed by atoms with Crippen molar-refractivity contribution in [2.45, 2.75) is 13.0 Å². The topological polar surface area (TPSA) is 45.8 Å². The normalized spacial score (nSPS) is 27.2. The molecule has 2 saturated heterocycles. The smallest absolute Gasteiger partial charge is 0.139 e. The second kappa shape index (κ2) is 5.84.